The largest absolute Gasteiger partial charge is 0.493 e. The maximum absolute atomic E-state index is 14.1. The van der Waals surface area contributed by atoms with Gasteiger partial charge in [0.1, 0.15) is 11.6 Å². The Hall–Kier alpha value is -2.56. The molecule has 1 saturated carbocycles. The van der Waals surface area contributed by atoms with E-state index < -0.39 is 5.97 Å². The number of carboxylic acids is 1. The van der Waals surface area contributed by atoms with Gasteiger partial charge in [0, 0.05) is 18.8 Å². The molecule has 1 atom stereocenters. The first-order valence-electron chi connectivity index (χ1n) is 13.7. The third-order valence-corrected chi connectivity index (χ3v) is 7.73. The van der Waals surface area contributed by atoms with Crippen LogP contribution < -0.4 is 9.64 Å². The van der Waals surface area contributed by atoms with Crippen molar-refractivity contribution in [3.63, 3.8) is 0 Å². The first-order chi connectivity index (χ1) is 17.2. The van der Waals surface area contributed by atoms with Crippen LogP contribution in [0.3, 0.4) is 0 Å². The van der Waals surface area contributed by atoms with Gasteiger partial charge in [0.05, 0.1) is 13.0 Å². The first kappa shape index (κ1) is 26.5. The highest BCUT2D eigenvalue weighted by Gasteiger charge is 2.34. The zero-order chi connectivity index (χ0) is 25.7. The van der Waals surface area contributed by atoms with E-state index in [9.17, 15) is 14.3 Å². The molecule has 4 rings (SSSR count). The summed E-state index contributed by atoms with van der Waals surface area (Å²) >= 11 is 0. The highest BCUT2D eigenvalue weighted by molar-refractivity contribution is 5.68. The lowest BCUT2D eigenvalue weighted by Gasteiger charge is -2.35. The van der Waals surface area contributed by atoms with Crippen LogP contribution in [0.1, 0.15) is 82.8 Å². The third kappa shape index (κ3) is 7.72. The van der Waals surface area contributed by atoms with Crippen molar-refractivity contribution in [2.75, 3.05) is 24.6 Å². The number of hydrogen-bond acceptors (Lipinski definition) is 3. The Morgan fingerprint density at radius 3 is 2.53 bits per heavy atom. The maximum Gasteiger partial charge on any atom is 0.303 e. The molecule has 1 unspecified atom stereocenters. The van der Waals surface area contributed by atoms with E-state index in [4.69, 9.17) is 4.74 Å². The van der Waals surface area contributed by atoms with Crippen molar-refractivity contribution in [1.82, 2.24) is 0 Å². The number of carboxylic acid groups (broad SMARTS) is 1. The van der Waals surface area contributed by atoms with Crippen LogP contribution in [-0.4, -0.2) is 30.8 Å². The monoisotopic (exact) mass is 495 g/mol. The van der Waals surface area contributed by atoms with Crippen LogP contribution in [0.2, 0.25) is 0 Å². The summed E-state index contributed by atoms with van der Waals surface area (Å²) in [7, 11) is 0. The molecule has 2 aromatic carbocycles. The van der Waals surface area contributed by atoms with Gasteiger partial charge in [0.15, 0.2) is 0 Å². The maximum atomic E-state index is 14.1. The van der Waals surface area contributed by atoms with Crippen molar-refractivity contribution >= 4 is 11.7 Å². The highest BCUT2D eigenvalue weighted by Crippen LogP contribution is 2.45. The molecule has 0 aromatic heterocycles. The molecule has 0 spiro atoms. The van der Waals surface area contributed by atoms with Crippen LogP contribution >= 0.6 is 0 Å². The van der Waals surface area contributed by atoms with E-state index in [1.54, 1.807) is 12.1 Å². The number of anilines is 1. The van der Waals surface area contributed by atoms with E-state index in [-0.39, 0.29) is 18.2 Å². The van der Waals surface area contributed by atoms with Gasteiger partial charge in [-0.25, -0.2) is 4.39 Å². The smallest absolute Gasteiger partial charge is 0.303 e. The van der Waals surface area contributed by atoms with Gasteiger partial charge in [0.25, 0.3) is 0 Å². The molecule has 1 saturated heterocycles. The van der Waals surface area contributed by atoms with Crippen molar-refractivity contribution in [1.29, 1.82) is 0 Å². The van der Waals surface area contributed by atoms with Gasteiger partial charge in [-0.05, 0) is 104 Å². The van der Waals surface area contributed by atoms with E-state index in [0.29, 0.717) is 23.9 Å². The lowest BCUT2D eigenvalue weighted by Crippen LogP contribution is -2.36. The second-order valence-corrected chi connectivity index (χ2v) is 12.0. The summed E-state index contributed by atoms with van der Waals surface area (Å²) in [6.45, 7) is 9.28. The average molecular weight is 496 g/mol. The molecule has 4 nitrogen and oxygen atoms in total. The van der Waals surface area contributed by atoms with E-state index in [2.05, 4.69) is 25.7 Å². The molecule has 0 radical (unpaired) electrons. The Balaban J connectivity index is 1.30. The Kier molecular flexibility index (Phi) is 8.58. The molecule has 2 aliphatic rings. The number of hydrogen-bond donors (Lipinski definition) is 1. The van der Waals surface area contributed by atoms with E-state index in [1.807, 2.05) is 30.3 Å². The summed E-state index contributed by atoms with van der Waals surface area (Å²) in [5.74, 6) is 0.959. The van der Waals surface area contributed by atoms with E-state index >= 15 is 0 Å². The minimum Gasteiger partial charge on any atom is -0.493 e. The number of rotatable bonds is 11. The van der Waals surface area contributed by atoms with E-state index in [0.717, 1.165) is 75.0 Å². The van der Waals surface area contributed by atoms with Crippen LogP contribution in [-0.2, 0) is 11.2 Å². The van der Waals surface area contributed by atoms with Crippen molar-refractivity contribution in [3.05, 3.63) is 59.4 Å². The molecule has 5 heteroatoms. The standard InChI is InChI=1S/C31H42FNO3/c1-31(2,3)15-5-7-24-11-12-26(32)19-29(24)33-16-13-22(14-17-33)21-36-27-8-4-6-25(18-27)28(20-30(34)35)23-9-10-23/h4,6,8,11-12,18-19,22-23,28H,5,7,9-10,13-17,20-21H2,1-3H3,(H,34,35). The molecule has 1 N–H and O–H groups in total. The summed E-state index contributed by atoms with van der Waals surface area (Å²) in [6.07, 6.45) is 7.70. The quantitative estimate of drug-likeness (QED) is 0.351. The van der Waals surface area contributed by atoms with Gasteiger partial charge in [-0.3, -0.25) is 4.79 Å². The Labute approximate surface area is 215 Å². The Morgan fingerprint density at radius 2 is 1.86 bits per heavy atom. The fourth-order valence-electron chi connectivity index (χ4n) is 5.48. The van der Waals surface area contributed by atoms with Gasteiger partial charge in [-0.2, -0.15) is 0 Å². The SMILES string of the molecule is CC(C)(C)CCCc1ccc(F)cc1N1CCC(COc2cccc(C(CC(=O)O)C3CC3)c2)CC1. The molecule has 0 bridgehead atoms. The van der Waals surface area contributed by atoms with Crippen LogP contribution in [0.15, 0.2) is 42.5 Å². The minimum atomic E-state index is -0.736. The summed E-state index contributed by atoms with van der Waals surface area (Å²) in [5, 5.41) is 9.32. The average Bonchev–Trinajstić information content (AvgIpc) is 3.67. The zero-order valence-corrected chi connectivity index (χ0v) is 22.1. The Morgan fingerprint density at radius 1 is 1.11 bits per heavy atom. The Bertz CT molecular complexity index is 1020. The molecular weight excluding hydrogens is 453 g/mol. The number of nitrogens with zero attached hydrogens (tertiary/aromatic N) is 1. The summed E-state index contributed by atoms with van der Waals surface area (Å²) in [5.41, 5.74) is 3.70. The zero-order valence-electron chi connectivity index (χ0n) is 22.1. The van der Waals surface area contributed by atoms with Crippen LogP contribution in [0.5, 0.6) is 5.75 Å². The first-order valence-corrected chi connectivity index (χ1v) is 13.7. The minimum absolute atomic E-state index is 0.0816. The second-order valence-electron chi connectivity index (χ2n) is 12.0. The summed E-state index contributed by atoms with van der Waals surface area (Å²) in [6, 6.07) is 13.3. The molecule has 36 heavy (non-hydrogen) atoms. The molecule has 1 heterocycles. The molecule has 0 amide bonds. The second kappa shape index (κ2) is 11.7. The molecule has 1 aliphatic carbocycles. The van der Waals surface area contributed by atoms with Gasteiger partial charge in [0.2, 0.25) is 0 Å². The topological polar surface area (TPSA) is 49.8 Å². The number of benzene rings is 2. The fourth-order valence-corrected chi connectivity index (χ4v) is 5.48. The number of carbonyl (C=O) groups is 1. The number of aryl methyl sites for hydroxylation is 1. The predicted molar refractivity (Wildman–Crippen MR) is 143 cm³/mol. The lowest BCUT2D eigenvalue weighted by atomic mass is 9.88. The summed E-state index contributed by atoms with van der Waals surface area (Å²) < 4.78 is 20.3. The van der Waals surface area contributed by atoms with E-state index in [1.165, 1.54) is 5.56 Å². The number of piperidine rings is 1. The number of ether oxygens (including phenoxy) is 1. The molecule has 1 aliphatic heterocycles. The molecule has 2 aromatic rings. The number of aliphatic carboxylic acids is 1. The van der Waals surface area contributed by atoms with Crippen molar-refractivity contribution in [2.24, 2.45) is 17.3 Å². The van der Waals surface area contributed by atoms with Crippen molar-refractivity contribution in [2.45, 2.75) is 78.1 Å². The van der Waals surface area contributed by atoms with Crippen LogP contribution in [0, 0.1) is 23.1 Å². The molecule has 196 valence electrons. The van der Waals surface area contributed by atoms with Crippen molar-refractivity contribution < 1.29 is 19.0 Å². The van der Waals surface area contributed by atoms with Gasteiger partial charge in [-0.1, -0.05) is 39.0 Å². The van der Waals surface area contributed by atoms with Crippen LogP contribution in [0.25, 0.3) is 0 Å². The molecular formula is C31H42FNO3. The lowest BCUT2D eigenvalue weighted by molar-refractivity contribution is -0.137. The van der Waals surface area contributed by atoms with Gasteiger partial charge in [-0.15, -0.1) is 0 Å². The predicted octanol–water partition coefficient (Wildman–Crippen LogP) is 7.46. The fraction of sp³-hybridized carbons (Fsp3) is 0.581. The molecule has 2 fully saturated rings. The number of halogens is 1. The van der Waals surface area contributed by atoms with Gasteiger partial charge < -0.3 is 14.7 Å². The normalized spacial score (nSPS) is 17.7. The van der Waals surface area contributed by atoms with Gasteiger partial charge >= 0.3 is 5.97 Å². The third-order valence-electron chi connectivity index (χ3n) is 7.73. The van der Waals surface area contributed by atoms with Crippen molar-refractivity contribution in [3.8, 4) is 5.75 Å². The highest BCUT2D eigenvalue weighted by atomic mass is 19.1. The summed E-state index contributed by atoms with van der Waals surface area (Å²) in [4.78, 5) is 13.7. The van der Waals surface area contributed by atoms with Crippen LogP contribution in [0.4, 0.5) is 10.1 Å².